The smallest absolute Gasteiger partial charge is 0.347 e. The van der Waals surface area contributed by atoms with Gasteiger partial charge in [0, 0.05) is 6.54 Å². The molecule has 94 valence electrons. The van der Waals surface area contributed by atoms with E-state index in [9.17, 15) is 4.79 Å². The van der Waals surface area contributed by atoms with Gasteiger partial charge < -0.3 is 10.4 Å². The van der Waals surface area contributed by atoms with Crippen molar-refractivity contribution in [2.45, 2.75) is 19.9 Å². The molecular formula is C13H14N2O2S. The summed E-state index contributed by atoms with van der Waals surface area (Å²) >= 11 is 1.15. The zero-order valence-corrected chi connectivity index (χ0v) is 10.8. The Bertz CT molecular complexity index is 551. The van der Waals surface area contributed by atoms with Crippen molar-refractivity contribution in [2.24, 2.45) is 0 Å². The molecule has 0 bridgehead atoms. The van der Waals surface area contributed by atoms with Crippen LogP contribution in [0.4, 0.5) is 5.13 Å². The van der Waals surface area contributed by atoms with Crippen LogP contribution in [-0.2, 0) is 13.0 Å². The summed E-state index contributed by atoms with van der Waals surface area (Å²) in [5.41, 5.74) is 2.51. The number of carboxylic acids is 1. The van der Waals surface area contributed by atoms with Gasteiger partial charge in [0.1, 0.15) is 4.88 Å². The van der Waals surface area contributed by atoms with E-state index in [1.807, 2.05) is 12.1 Å². The number of nitrogens with one attached hydrogen (secondary N) is 1. The molecule has 1 aromatic carbocycles. The first kappa shape index (κ1) is 12.6. The molecule has 5 heteroatoms. The minimum Gasteiger partial charge on any atom is -0.477 e. The van der Waals surface area contributed by atoms with Crippen LogP contribution < -0.4 is 5.32 Å². The molecule has 0 spiro atoms. The van der Waals surface area contributed by atoms with Gasteiger partial charge in [0.15, 0.2) is 5.13 Å². The molecule has 0 radical (unpaired) electrons. The first-order valence-corrected chi connectivity index (χ1v) is 6.52. The van der Waals surface area contributed by atoms with Crippen molar-refractivity contribution in [1.82, 2.24) is 4.98 Å². The van der Waals surface area contributed by atoms with Crippen molar-refractivity contribution in [1.29, 1.82) is 0 Å². The number of aromatic carboxylic acids is 1. The third kappa shape index (κ3) is 2.87. The van der Waals surface area contributed by atoms with Gasteiger partial charge in [0.05, 0.1) is 6.20 Å². The molecule has 0 saturated heterocycles. The summed E-state index contributed by atoms with van der Waals surface area (Å²) < 4.78 is 0. The Balaban J connectivity index is 2.04. The van der Waals surface area contributed by atoms with E-state index in [4.69, 9.17) is 5.11 Å². The zero-order valence-electron chi connectivity index (χ0n) is 10.0. The molecule has 0 unspecified atom stereocenters. The van der Waals surface area contributed by atoms with Crippen LogP contribution in [0, 0.1) is 0 Å². The predicted molar refractivity (Wildman–Crippen MR) is 72.2 cm³/mol. The van der Waals surface area contributed by atoms with Crippen LogP contribution in [0.3, 0.4) is 0 Å². The largest absolute Gasteiger partial charge is 0.477 e. The summed E-state index contributed by atoms with van der Waals surface area (Å²) in [4.78, 5) is 15.0. The zero-order chi connectivity index (χ0) is 13.0. The number of carbonyl (C=O) groups is 1. The van der Waals surface area contributed by atoms with Gasteiger partial charge in [-0.1, -0.05) is 42.5 Å². The fraction of sp³-hybridized carbons (Fsp3) is 0.231. The minimum absolute atomic E-state index is 0.251. The summed E-state index contributed by atoms with van der Waals surface area (Å²) in [6, 6.07) is 8.19. The third-order valence-electron chi connectivity index (χ3n) is 2.65. The molecule has 0 aliphatic heterocycles. The van der Waals surface area contributed by atoms with Crippen LogP contribution in [0.5, 0.6) is 0 Å². The van der Waals surface area contributed by atoms with Crippen LogP contribution >= 0.6 is 11.3 Å². The second kappa shape index (κ2) is 5.64. The van der Waals surface area contributed by atoms with Gasteiger partial charge in [0.25, 0.3) is 0 Å². The lowest BCUT2D eigenvalue weighted by atomic mass is 10.1. The number of benzene rings is 1. The van der Waals surface area contributed by atoms with Crippen molar-refractivity contribution in [3.63, 3.8) is 0 Å². The molecule has 4 nitrogen and oxygen atoms in total. The lowest BCUT2D eigenvalue weighted by molar-refractivity contribution is 0.0702. The molecule has 2 N–H and O–H groups in total. The molecule has 2 rings (SSSR count). The summed E-state index contributed by atoms with van der Waals surface area (Å²) in [7, 11) is 0. The maximum absolute atomic E-state index is 10.7. The Kier molecular flexibility index (Phi) is 3.94. The number of carboxylic acid groups (broad SMARTS) is 1. The summed E-state index contributed by atoms with van der Waals surface area (Å²) in [5.74, 6) is -0.936. The monoisotopic (exact) mass is 262 g/mol. The lowest BCUT2D eigenvalue weighted by Crippen LogP contribution is -2.01. The number of anilines is 1. The number of aryl methyl sites for hydroxylation is 1. The second-order valence-electron chi connectivity index (χ2n) is 3.81. The highest BCUT2D eigenvalue weighted by Crippen LogP contribution is 2.19. The Morgan fingerprint density at radius 2 is 2.11 bits per heavy atom. The van der Waals surface area contributed by atoms with Gasteiger partial charge in [-0.3, -0.25) is 0 Å². The van der Waals surface area contributed by atoms with Gasteiger partial charge >= 0.3 is 5.97 Å². The number of aromatic nitrogens is 1. The lowest BCUT2D eigenvalue weighted by Gasteiger charge is -2.07. The standard InChI is InChI=1S/C13H14N2O2S/c1-2-9-5-3-4-6-10(9)7-14-13-15-8-11(18-13)12(16)17/h3-6,8H,2,7H2,1H3,(H,14,15)(H,16,17). The Hall–Kier alpha value is -1.88. The predicted octanol–water partition coefficient (Wildman–Crippen LogP) is 3.02. The molecule has 0 amide bonds. The number of rotatable bonds is 5. The molecule has 1 aromatic heterocycles. The van der Waals surface area contributed by atoms with Crippen molar-refractivity contribution < 1.29 is 9.90 Å². The molecule has 0 saturated carbocycles. The summed E-state index contributed by atoms with van der Waals surface area (Å²) in [6.07, 6.45) is 2.36. The summed E-state index contributed by atoms with van der Waals surface area (Å²) in [6.45, 7) is 2.78. The number of nitrogens with zero attached hydrogens (tertiary/aromatic N) is 1. The second-order valence-corrected chi connectivity index (χ2v) is 4.84. The average Bonchev–Trinajstić information content (AvgIpc) is 2.85. The highest BCUT2D eigenvalue weighted by Gasteiger charge is 2.08. The average molecular weight is 262 g/mol. The maximum Gasteiger partial charge on any atom is 0.347 e. The minimum atomic E-state index is -0.936. The van der Waals surface area contributed by atoms with E-state index in [-0.39, 0.29) is 4.88 Å². The van der Waals surface area contributed by atoms with Crippen LogP contribution in [0.15, 0.2) is 30.5 Å². The molecule has 0 fully saturated rings. The third-order valence-corrected chi connectivity index (χ3v) is 3.59. The first-order chi connectivity index (χ1) is 8.70. The van der Waals surface area contributed by atoms with Crippen LogP contribution in [-0.4, -0.2) is 16.1 Å². The van der Waals surface area contributed by atoms with Gasteiger partial charge in [-0.25, -0.2) is 9.78 Å². The normalized spacial score (nSPS) is 10.3. The molecule has 0 atom stereocenters. The highest BCUT2D eigenvalue weighted by molar-refractivity contribution is 7.17. The number of hydrogen-bond acceptors (Lipinski definition) is 4. The van der Waals surface area contributed by atoms with E-state index >= 15 is 0 Å². The molecule has 0 aliphatic carbocycles. The highest BCUT2D eigenvalue weighted by atomic mass is 32.1. The van der Waals surface area contributed by atoms with E-state index < -0.39 is 5.97 Å². The Labute approximate surface area is 109 Å². The van der Waals surface area contributed by atoms with Crippen LogP contribution in [0.2, 0.25) is 0 Å². The number of thiazole rings is 1. The van der Waals surface area contributed by atoms with E-state index in [1.165, 1.54) is 17.3 Å². The van der Waals surface area contributed by atoms with Crippen LogP contribution in [0.25, 0.3) is 0 Å². The quantitative estimate of drug-likeness (QED) is 0.869. The maximum atomic E-state index is 10.7. The van der Waals surface area contributed by atoms with Gasteiger partial charge in [-0.05, 0) is 17.5 Å². The van der Waals surface area contributed by atoms with Gasteiger partial charge in [0.2, 0.25) is 0 Å². The van der Waals surface area contributed by atoms with E-state index in [1.54, 1.807) is 0 Å². The molecule has 0 aliphatic rings. The molecule has 2 aromatic rings. The Morgan fingerprint density at radius 1 is 1.39 bits per heavy atom. The van der Waals surface area contributed by atoms with E-state index in [2.05, 4.69) is 29.4 Å². The Morgan fingerprint density at radius 3 is 2.72 bits per heavy atom. The SMILES string of the molecule is CCc1ccccc1CNc1ncc(C(=O)O)s1. The van der Waals surface area contributed by atoms with Crippen molar-refractivity contribution in [3.8, 4) is 0 Å². The van der Waals surface area contributed by atoms with E-state index in [0.29, 0.717) is 11.7 Å². The van der Waals surface area contributed by atoms with Crippen molar-refractivity contribution >= 4 is 22.4 Å². The topological polar surface area (TPSA) is 62.2 Å². The van der Waals surface area contributed by atoms with E-state index in [0.717, 1.165) is 17.8 Å². The van der Waals surface area contributed by atoms with Crippen LogP contribution in [0.1, 0.15) is 27.7 Å². The molecular weight excluding hydrogens is 248 g/mol. The van der Waals surface area contributed by atoms with Crippen molar-refractivity contribution in [3.05, 3.63) is 46.5 Å². The fourth-order valence-corrected chi connectivity index (χ4v) is 2.35. The molecule has 1 heterocycles. The first-order valence-electron chi connectivity index (χ1n) is 5.70. The fourth-order valence-electron chi connectivity index (χ4n) is 1.70. The molecule has 18 heavy (non-hydrogen) atoms. The van der Waals surface area contributed by atoms with Gasteiger partial charge in [-0.15, -0.1) is 0 Å². The van der Waals surface area contributed by atoms with Gasteiger partial charge in [-0.2, -0.15) is 0 Å². The summed E-state index contributed by atoms with van der Waals surface area (Å²) in [5, 5.41) is 12.6. The van der Waals surface area contributed by atoms with Crippen molar-refractivity contribution in [2.75, 3.05) is 5.32 Å². The number of hydrogen-bond donors (Lipinski definition) is 2.